The average Bonchev–Trinajstić information content (AvgIpc) is 2.41. The average molecular weight is 244 g/mol. The Labute approximate surface area is 104 Å². The highest BCUT2D eigenvalue weighted by atomic mass is 16.5. The maximum absolute atomic E-state index is 11.6. The van der Waals surface area contributed by atoms with Gasteiger partial charge in [-0.3, -0.25) is 0 Å². The predicted octanol–water partition coefficient (Wildman–Crippen LogP) is 2.55. The summed E-state index contributed by atoms with van der Waals surface area (Å²) >= 11 is 0. The summed E-state index contributed by atoms with van der Waals surface area (Å²) in [5.41, 5.74) is 1.23. The number of hydrogen-bond acceptors (Lipinski definition) is 4. The number of rotatable bonds is 2. The number of hydrogen-bond donors (Lipinski definition) is 2. The summed E-state index contributed by atoms with van der Waals surface area (Å²) in [6.45, 7) is 0. The van der Waals surface area contributed by atoms with Crippen LogP contribution in [0.2, 0.25) is 0 Å². The molecule has 0 amide bonds. The van der Waals surface area contributed by atoms with Gasteiger partial charge in [-0.05, 0) is 12.1 Å². The molecule has 0 fully saturated rings. The zero-order valence-electron chi connectivity index (χ0n) is 9.75. The second-order valence-corrected chi connectivity index (χ2v) is 3.71. The van der Waals surface area contributed by atoms with Crippen LogP contribution in [-0.4, -0.2) is 23.3 Å². The molecule has 2 N–H and O–H groups in total. The molecule has 2 aromatic rings. The smallest absolute Gasteiger partial charge is 0.338 e. The molecule has 0 radical (unpaired) electrons. The fourth-order valence-corrected chi connectivity index (χ4v) is 1.75. The minimum atomic E-state index is -0.492. The SMILES string of the molecule is COC(=O)c1ccccc1-c1cccc(O)c1O. The van der Waals surface area contributed by atoms with Crippen molar-refractivity contribution >= 4 is 5.97 Å². The van der Waals surface area contributed by atoms with E-state index in [-0.39, 0.29) is 11.5 Å². The van der Waals surface area contributed by atoms with Gasteiger partial charge in [0.25, 0.3) is 0 Å². The van der Waals surface area contributed by atoms with Crippen molar-refractivity contribution in [1.29, 1.82) is 0 Å². The lowest BCUT2D eigenvalue weighted by Crippen LogP contribution is -2.03. The maximum atomic E-state index is 11.6. The van der Waals surface area contributed by atoms with Crippen molar-refractivity contribution in [3.05, 3.63) is 48.0 Å². The van der Waals surface area contributed by atoms with E-state index in [2.05, 4.69) is 4.74 Å². The number of phenols is 2. The molecule has 0 aliphatic rings. The third-order valence-electron chi connectivity index (χ3n) is 2.64. The number of phenolic OH excluding ortho intramolecular Hbond substituents is 2. The number of carbonyl (C=O) groups is 1. The van der Waals surface area contributed by atoms with Crippen molar-refractivity contribution in [2.24, 2.45) is 0 Å². The van der Waals surface area contributed by atoms with Crippen LogP contribution in [0, 0.1) is 0 Å². The van der Waals surface area contributed by atoms with Crippen LogP contribution in [-0.2, 0) is 4.74 Å². The molecule has 0 saturated carbocycles. The van der Waals surface area contributed by atoms with Crippen LogP contribution in [0.15, 0.2) is 42.5 Å². The van der Waals surface area contributed by atoms with Gasteiger partial charge in [-0.15, -0.1) is 0 Å². The molecule has 0 unspecified atom stereocenters. The third-order valence-corrected chi connectivity index (χ3v) is 2.64. The van der Waals surface area contributed by atoms with Gasteiger partial charge in [-0.1, -0.05) is 30.3 Å². The standard InChI is InChI=1S/C14H12O4/c1-18-14(17)11-6-3-2-5-9(11)10-7-4-8-12(15)13(10)16/h2-8,15-16H,1H3. The lowest BCUT2D eigenvalue weighted by atomic mass is 9.98. The van der Waals surface area contributed by atoms with Crippen molar-refractivity contribution in [1.82, 2.24) is 0 Å². The summed E-state index contributed by atoms with van der Waals surface area (Å²) in [4.78, 5) is 11.6. The van der Waals surface area contributed by atoms with E-state index in [1.165, 1.54) is 13.2 Å². The van der Waals surface area contributed by atoms with Crippen LogP contribution in [0.1, 0.15) is 10.4 Å². The van der Waals surface area contributed by atoms with E-state index in [4.69, 9.17) is 0 Å². The normalized spacial score (nSPS) is 10.1. The van der Waals surface area contributed by atoms with Crippen LogP contribution < -0.4 is 0 Å². The largest absolute Gasteiger partial charge is 0.504 e. The minimum Gasteiger partial charge on any atom is -0.504 e. The second kappa shape index (κ2) is 4.79. The van der Waals surface area contributed by atoms with Gasteiger partial charge in [0.05, 0.1) is 12.7 Å². The maximum Gasteiger partial charge on any atom is 0.338 e. The molecule has 0 aliphatic heterocycles. The van der Waals surface area contributed by atoms with Crippen molar-refractivity contribution in [3.8, 4) is 22.6 Å². The summed E-state index contributed by atoms with van der Waals surface area (Å²) < 4.78 is 4.69. The highest BCUT2D eigenvalue weighted by Crippen LogP contribution is 2.37. The number of ether oxygens (including phenoxy) is 1. The van der Waals surface area contributed by atoms with Gasteiger partial charge in [0.15, 0.2) is 11.5 Å². The van der Waals surface area contributed by atoms with Crippen LogP contribution >= 0.6 is 0 Å². The lowest BCUT2D eigenvalue weighted by molar-refractivity contribution is 0.0601. The molecule has 0 aromatic heterocycles. The predicted molar refractivity (Wildman–Crippen MR) is 66.5 cm³/mol. The first kappa shape index (κ1) is 12.0. The summed E-state index contributed by atoms with van der Waals surface area (Å²) in [6, 6.07) is 11.3. The molecule has 0 saturated heterocycles. The monoisotopic (exact) mass is 244 g/mol. The van der Waals surface area contributed by atoms with E-state index in [1.54, 1.807) is 36.4 Å². The Bertz CT molecular complexity index is 590. The quantitative estimate of drug-likeness (QED) is 0.629. The highest BCUT2D eigenvalue weighted by Gasteiger charge is 2.16. The number of carbonyl (C=O) groups excluding carboxylic acids is 1. The molecular formula is C14H12O4. The number of benzene rings is 2. The van der Waals surface area contributed by atoms with Crippen LogP contribution in [0.5, 0.6) is 11.5 Å². The first-order valence-corrected chi connectivity index (χ1v) is 5.34. The Hall–Kier alpha value is -2.49. The summed E-state index contributed by atoms with van der Waals surface area (Å²) in [6.07, 6.45) is 0. The van der Waals surface area contributed by atoms with Crippen molar-refractivity contribution in [2.45, 2.75) is 0 Å². The van der Waals surface area contributed by atoms with Crippen LogP contribution in [0.4, 0.5) is 0 Å². The van der Waals surface area contributed by atoms with Crippen LogP contribution in [0.25, 0.3) is 11.1 Å². The molecule has 0 aliphatic carbocycles. The molecule has 0 spiro atoms. The van der Waals surface area contributed by atoms with Crippen molar-refractivity contribution in [2.75, 3.05) is 7.11 Å². The zero-order valence-corrected chi connectivity index (χ0v) is 9.75. The van der Waals surface area contributed by atoms with E-state index in [1.807, 2.05) is 0 Å². The van der Waals surface area contributed by atoms with Gasteiger partial charge in [0, 0.05) is 11.1 Å². The van der Waals surface area contributed by atoms with Gasteiger partial charge < -0.3 is 14.9 Å². The third kappa shape index (κ3) is 2.00. The molecule has 0 atom stereocenters. The number of para-hydroxylation sites is 1. The molecule has 18 heavy (non-hydrogen) atoms. The van der Waals surface area contributed by atoms with E-state index in [0.29, 0.717) is 16.7 Å². The first-order valence-electron chi connectivity index (χ1n) is 5.34. The van der Waals surface area contributed by atoms with Gasteiger partial charge in [-0.25, -0.2) is 4.79 Å². The molecule has 4 nitrogen and oxygen atoms in total. The minimum absolute atomic E-state index is 0.229. The Morgan fingerprint density at radius 2 is 1.67 bits per heavy atom. The molecule has 2 rings (SSSR count). The Morgan fingerprint density at radius 3 is 2.39 bits per heavy atom. The molecule has 2 aromatic carbocycles. The number of esters is 1. The van der Waals surface area contributed by atoms with Gasteiger partial charge >= 0.3 is 5.97 Å². The Morgan fingerprint density at radius 1 is 1.00 bits per heavy atom. The highest BCUT2D eigenvalue weighted by molar-refractivity contribution is 5.98. The Balaban J connectivity index is 2.64. The van der Waals surface area contributed by atoms with Gasteiger partial charge in [0.2, 0.25) is 0 Å². The Kier molecular flexibility index (Phi) is 3.19. The van der Waals surface area contributed by atoms with E-state index >= 15 is 0 Å². The summed E-state index contributed by atoms with van der Waals surface area (Å²) in [5, 5.41) is 19.3. The second-order valence-electron chi connectivity index (χ2n) is 3.71. The van der Waals surface area contributed by atoms with E-state index in [9.17, 15) is 15.0 Å². The van der Waals surface area contributed by atoms with Gasteiger partial charge in [0.1, 0.15) is 0 Å². The van der Waals surface area contributed by atoms with E-state index in [0.717, 1.165) is 0 Å². The molecule has 0 heterocycles. The topological polar surface area (TPSA) is 66.8 Å². The zero-order chi connectivity index (χ0) is 13.1. The van der Waals surface area contributed by atoms with Crippen molar-refractivity contribution in [3.63, 3.8) is 0 Å². The number of aromatic hydroxyl groups is 2. The summed E-state index contributed by atoms with van der Waals surface area (Å²) in [5.74, 6) is -0.977. The molecule has 92 valence electrons. The fraction of sp³-hybridized carbons (Fsp3) is 0.0714. The van der Waals surface area contributed by atoms with E-state index < -0.39 is 5.97 Å². The number of methoxy groups -OCH3 is 1. The molecular weight excluding hydrogens is 232 g/mol. The lowest BCUT2D eigenvalue weighted by Gasteiger charge is -2.10. The summed E-state index contributed by atoms with van der Waals surface area (Å²) in [7, 11) is 1.29. The van der Waals surface area contributed by atoms with Crippen LogP contribution in [0.3, 0.4) is 0 Å². The van der Waals surface area contributed by atoms with Gasteiger partial charge in [-0.2, -0.15) is 0 Å². The molecule has 0 bridgehead atoms. The first-order chi connectivity index (χ1) is 8.65. The van der Waals surface area contributed by atoms with Crippen molar-refractivity contribution < 1.29 is 19.7 Å². The molecule has 4 heteroatoms. The fourth-order valence-electron chi connectivity index (χ4n) is 1.75.